The van der Waals surface area contributed by atoms with Gasteiger partial charge in [0.15, 0.2) is 5.69 Å². The summed E-state index contributed by atoms with van der Waals surface area (Å²) < 4.78 is 5.89. The average molecular weight is 315 g/mol. The minimum absolute atomic E-state index is 0.0651. The number of unbranched alkanes of at least 4 members (excludes halogenated alkanes) is 1. The number of aliphatic imine (C=N–C) groups is 1. The van der Waals surface area contributed by atoms with Crippen LogP contribution in [0.25, 0.3) is 0 Å². The number of carbonyl (C=O) groups excluding carboxylic acids is 1. The highest BCUT2D eigenvalue weighted by atomic mass is 79.9. The van der Waals surface area contributed by atoms with Gasteiger partial charge in [-0.1, -0.05) is 13.3 Å². The first-order valence-corrected chi connectivity index (χ1v) is 6.08. The molecule has 7 heteroatoms. The van der Waals surface area contributed by atoms with E-state index < -0.39 is 4.92 Å². The van der Waals surface area contributed by atoms with Gasteiger partial charge in [-0.05, 0) is 22.4 Å². The molecule has 6 nitrogen and oxygen atoms in total. The molecule has 0 N–H and O–H groups in total. The van der Waals surface area contributed by atoms with Crippen LogP contribution in [0.5, 0.6) is 5.75 Å². The minimum Gasteiger partial charge on any atom is -0.492 e. The third-order valence-electron chi connectivity index (χ3n) is 2.15. The molecule has 0 fully saturated rings. The van der Waals surface area contributed by atoms with Crippen LogP contribution in [0.15, 0.2) is 21.6 Å². The number of nitro groups is 1. The number of nitro benzene ring substituents is 1. The van der Waals surface area contributed by atoms with Crippen LogP contribution in [-0.4, -0.2) is 17.6 Å². The molecular weight excluding hydrogens is 304 g/mol. The molecule has 0 saturated carbocycles. The summed E-state index contributed by atoms with van der Waals surface area (Å²) in [5.41, 5.74) is -0.335. The SMILES string of the molecule is CCCCOc1cc(N=C=O)c([N+](=O)[O-])cc1Br. The Morgan fingerprint density at radius 1 is 1.56 bits per heavy atom. The van der Waals surface area contributed by atoms with Crippen LogP contribution in [0, 0.1) is 10.1 Å². The Morgan fingerprint density at radius 3 is 2.83 bits per heavy atom. The molecule has 1 aromatic rings. The molecule has 0 aliphatic rings. The second-order valence-corrected chi connectivity index (χ2v) is 4.29. The zero-order valence-electron chi connectivity index (χ0n) is 9.68. The number of nitrogens with zero attached hydrogens (tertiary/aromatic N) is 2. The summed E-state index contributed by atoms with van der Waals surface area (Å²) >= 11 is 3.18. The van der Waals surface area contributed by atoms with Crippen LogP contribution in [0.4, 0.5) is 11.4 Å². The molecular formula is C11H11BrN2O4. The lowest BCUT2D eigenvalue weighted by molar-refractivity contribution is -0.384. The molecule has 0 bridgehead atoms. The number of halogens is 1. The number of isocyanates is 1. The normalized spacial score (nSPS) is 9.67. The molecule has 0 amide bonds. The predicted molar refractivity (Wildman–Crippen MR) is 69.0 cm³/mol. The van der Waals surface area contributed by atoms with E-state index >= 15 is 0 Å². The fraction of sp³-hybridized carbons (Fsp3) is 0.364. The fourth-order valence-corrected chi connectivity index (χ4v) is 1.70. The molecule has 0 aliphatic heterocycles. The van der Waals surface area contributed by atoms with E-state index in [4.69, 9.17) is 4.74 Å². The standard InChI is InChI=1S/C11H11BrN2O4/c1-2-3-4-18-11-6-9(13-7-15)10(14(16)17)5-8(11)12/h5-6H,2-4H2,1H3. The van der Waals surface area contributed by atoms with E-state index in [0.717, 1.165) is 12.8 Å². The van der Waals surface area contributed by atoms with Crippen molar-refractivity contribution in [3.8, 4) is 5.75 Å². The van der Waals surface area contributed by atoms with E-state index in [9.17, 15) is 14.9 Å². The number of benzene rings is 1. The molecule has 0 unspecified atom stereocenters. The molecule has 0 aliphatic carbocycles. The summed E-state index contributed by atoms with van der Waals surface area (Å²) in [6.45, 7) is 2.52. The molecule has 0 spiro atoms. The van der Waals surface area contributed by atoms with Crippen LogP contribution < -0.4 is 4.74 Å². The van der Waals surface area contributed by atoms with Crippen LogP contribution in [0.3, 0.4) is 0 Å². The maximum absolute atomic E-state index is 10.8. The molecule has 0 atom stereocenters. The highest BCUT2D eigenvalue weighted by molar-refractivity contribution is 9.10. The smallest absolute Gasteiger partial charge is 0.297 e. The number of hydrogen-bond acceptors (Lipinski definition) is 5. The Kier molecular flexibility index (Phi) is 5.48. The van der Waals surface area contributed by atoms with E-state index in [1.54, 1.807) is 0 Å². The Balaban J connectivity index is 3.10. The summed E-state index contributed by atoms with van der Waals surface area (Å²) in [6, 6.07) is 2.61. The minimum atomic E-state index is -0.614. The highest BCUT2D eigenvalue weighted by Crippen LogP contribution is 2.37. The monoisotopic (exact) mass is 314 g/mol. The predicted octanol–water partition coefficient (Wildman–Crippen LogP) is 3.50. The van der Waals surface area contributed by atoms with E-state index in [1.807, 2.05) is 6.92 Å². The Bertz CT molecular complexity index is 498. The largest absolute Gasteiger partial charge is 0.492 e. The van der Waals surface area contributed by atoms with Crippen molar-refractivity contribution in [1.29, 1.82) is 0 Å². The van der Waals surface area contributed by atoms with E-state index in [1.165, 1.54) is 18.2 Å². The summed E-state index contributed by atoms with van der Waals surface area (Å²) in [4.78, 5) is 23.7. The summed E-state index contributed by atoms with van der Waals surface area (Å²) in [7, 11) is 0. The van der Waals surface area contributed by atoms with Gasteiger partial charge in [0, 0.05) is 12.1 Å². The molecule has 18 heavy (non-hydrogen) atoms. The Labute approximate surface area is 112 Å². The van der Waals surface area contributed by atoms with E-state index in [2.05, 4.69) is 20.9 Å². The van der Waals surface area contributed by atoms with E-state index in [0.29, 0.717) is 16.8 Å². The maximum atomic E-state index is 10.8. The quantitative estimate of drug-likeness (QED) is 0.264. The van der Waals surface area contributed by atoms with Crippen LogP contribution in [0.2, 0.25) is 0 Å². The van der Waals surface area contributed by atoms with Gasteiger partial charge in [-0.2, -0.15) is 4.99 Å². The van der Waals surface area contributed by atoms with Gasteiger partial charge in [0.1, 0.15) is 5.75 Å². The second kappa shape index (κ2) is 6.88. The molecule has 0 saturated heterocycles. The van der Waals surface area contributed by atoms with Crippen molar-refractivity contribution < 1.29 is 14.5 Å². The second-order valence-electron chi connectivity index (χ2n) is 3.43. The number of rotatable bonds is 6. The zero-order valence-corrected chi connectivity index (χ0v) is 11.3. The van der Waals surface area contributed by atoms with Gasteiger partial charge in [-0.25, -0.2) is 4.79 Å². The van der Waals surface area contributed by atoms with E-state index in [-0.39, 0.29) is 11.4 Å². The lowest BCUT2D eigenvalue weighted by Gasteiger charge is -2.08. The topological polar surface area (TPSA) is 81.8 Å². The van der Waals surface area contributed by atoms with Crippen LogP contribution in [-0.2, 0) is 4.79 Å². The number of hydrogen-bond donors (Lipinski definition) is 0. The molecule has 0 radical (unpaired) electrons. The highest BCUT2D eigenvalue weighted by Gasteiger charge is 2.17. The van der Waals surface area contributed by atoms with Crippen molar-refractivity contribution in [2.45, 2.75) is 19.8 Å². The van der Waals surface area contributed by atoms with Gasteiger partial charge in [0.2, 0.25) is 6.08 Å². The molecule has 0 heterocycles. The van der Waals surface area contributed by atoms with Crippen molar-refractivity contribution in [1.82, 2.24) is 0 Å². The maximum Gasteiger partial charge on any atom is 0.297 e. The molecule has 1 aromatic carbocycles. The first-order valence-electron chi connectivity index (χ1n) is 5.28. The first-order chi connectivity index (χ1) is 8.60. The summed E-state index contributed by atoms with van der Waals surface area (Å²) in [5, 5.41) is 10.8. The van der Waals surface area contributed by atoms with Gasteiger partial charge < -0.3 is 4.74 Å². The summed E-state index contributed by atoms with van der Waals surface area (Å²) in [5.74, 6) is 0.419. The summed E-state index contributed by atoms with van der Waals surface area (Å²) in [6.07, 6.45) is 3.14. The fourth-order valence-electron chi connectivity index (χ4n) is 1.25. The van der Waals surface area contributed by atoms with Gasteiger partial charge in [-0.3, -0.25) is 10.1 Å². The third-order valence-corrected chi connectivity index (χ3v) is 2.77. The van der Waals surface area contributed by atoms with Crippen molar-refractivity contribution >= 4 is 33.4 Å². The van der Waals surface area contributed by atoms with Crippen LogP contribution >= 0.6 is 15.9 Å². The van der Waals surface area contributed by atoms with Crippen molar-refractivity contribution in [2.24, 2.45) is 4.99 Å². The van der Waals surface area contributed by atoms with Gasteiger partial charge in [0.05, 0.1) is 16.0 Å². The third kappa shape index (κ3) is 3.65. The van der Waals surface area contributed by atoms with Crippen LogP contribution in [0.1, 0.15) is 19.8 Å². The number of ether oxygens (including phenoxy) is 1. The van der Waals surface area contributed by atoms with Gasteiger partial charge >= 0.3 is 0 Å². The average Bonchev–Trinajstić information content (AvgIpc) is 2.33. The lowest BCUT2D eigenvalue weighted by atomic mass is 10.2. The van der Waals surface area contributed by atoms with Crippen molar-refractivity contribution in [3.05, 3.63) is 26.7 Å². The zero-order chi connectivity index (χ0) is 13.5. The molecule has 0 aromatic heterocycles. The Morgan fingerprint density at radius 2 is 2.28 bits per heavy atom. The van der Waals surface area contributed by atoms with Gasteiger partial charge in [0.25, 0.3) is 5.69 Å². The molecule has 96 valence electrons. The molecule has 1 rings (SSSR count). The first kappa shape index (κ1) is 14.3. The van der Waals surface area contributed by atoms with Gasteiger partial charge in [-0.15, -0.1) is 0 Å². The van der Waals surface area contributed by atoms with Crippen molar-refractivity contribution in [2.75, 3.05) is 6.61 Å². The lowest BCUT2D eigenvalue weighted by Crippen LogP contribution is -1.98. The Hall–Kier alpha value is -1.72. The van der Waals surface area contributed by atoms with Crippen molar-refractivity contribution in [3.63, 3.8) is 0 Å².